The van der Waals surface area contributed by atoms with E-state index in [4.69, 9.17) is 0 Å². The number of anilines is 1. The van der Waals surface area contributed by atoms with E-state index in [2.05, 4.69) is 20.6 Å². The molecule has 2 N–H and O–H groups in total. The second kappa shape index (κ2) is 8.69. The molecule has 4 fully saturated rings. The molecule has 7 rings (SSSR count). The predicted molar refractivity (Wildman–Crippen MR) is 134 cm³/mol. The first-order valence-electron chi connectivity index (χ1n) is 12.1. The van der Waals surface area contributed by atoms with E-state index in [1.54, 1.807) is 18.5 Å². The molecule has 2 aromatic carbocycles. The highest BCUT2D eigenvalue weighted by atomic mass is 32.2. The molecule has 2 amide bonds. The van der Waals surface area contributed by atoms with Gasteiger partial charge in [0.25, 0.3) is 5.91 Å². The third-order valence-electron chi connectivity index (χ3n) is 7.66. The fourth-order valence-electron chi connectivity index (χ4n) is 6.76. The molecule has 4 bridgehead atoms. The Morgan fingerprint density at radius 2 is 1.59 bits per heavy atom. The molecular formula is C27H28N4O2S. The smallest absolute Gasteiger partial charge is 0.256 e. The SMILES string of the molecule is O=C(CSc1ccccc1C(=O)Nc1ccc2nccnc2c1)NC12CC3CC(CC(C3)C1)C2. The summed E-state index contributed by atoms with van der Waals surface area (Å²) in [6.45, 7) is 0. The lowest BCUT2D eigenvalue weighted by molar-refractivity contribution is -0.124. The molecule has 4 saturated carbocycles. The van der Waals surface area contributed by atoms with Crippen molar-refractivity contribution in [3.8, 4) is 0 Å². The number of hydrogen-bond donors (Lipinski definition) is 2. The quantitative estimate of drug-likeness (QED) is 0.490. The number of fused-ring (bicyclic) bond motifs is 1. The monoisotopic (exact) mass is 472 g/mol. The Balaban J connectivity index is 1.11. The zero-order chi connectivity index (χ0) is 23.1. The minimum absolute atomic E-state index is 0.0161. The van der Waals surface area contributed by atoms with E-state index in [1.165, 1.54) is 31.0 Å². The van der Waals surface area contributed by atoms with E-state index in [-0.39, 0.29) is 17.4 Å². The standard InChI is InChI=1S/C27H28N4O2S/c32-25(31-27-13-17-9-18(14-27)11-19(10-17)15-27)16-34-24-4-2-1-3-21(24)26(33)30-20-5-6-22-23(12-20)29-8-7-28-22/h1-8,12,17-19H,9-11,13-16H2,(H,30,33)(H,31,32). The summed E-state index contributed by atoms with van der Waals surface area (Å²) < 4.78 is 0. The van der Waals surface area contributed by atoms with Gasteiger partial charge in [-0.2, -0.15) is 0 Å². The molecule has 0 unspecified atom stereocenters. The first-order valence-corrected chi connectivity index (χ1v) is 13.1. The first-order chi connectivity index (χ1) is 16.6. The maximum Gasteiger partial charge on any atom is 0.256 e. The van der Waals surface area contributed by atoms with E-state index in [1.807, 2.05) is 36.4 Å². The van der Waals surface area contributed by atoms with Crippen molar-refractivity contribution >= 4 is 40.3 Å². The van der Waals surface area contributed by atoms with Gasteiger partial charge >= 0.3 is 0 Å². The minimum Gasteiger partial charge on any atom is -0.350 e. The van der Waals surface area contributed by atoms with Crippen molar-refractivity contribution in [3.05, 3.63) is 60.4 Å². The molecule has 1 heterocycles. The third-order valence-corrected chi connectivity index (χ3v) is 8.73. The van der Waals surface area contributed by atoms with Crippen LogP contribution in [0.2, 0.25) is 0 Å². The molecular weight excluding hydrogens is 444 g/mol. The van der Waals surface area contributed by atoms with Crippen molar-refractivity contribution in [3.63, 3.8) is 0 Å². The zero-order valence-corrected chi connectivity index (χ0v) is 19.8. The number of benzene rings is 2. The molecule has 3 aromatic rings. The summed E-state index contributed by atoms with van der Waals surface area (Å²) in [6.07, 6.45) is 10.8. The molecule has 4 aliphatic rings. The second-order valence-electron chi connectivity index (χ2n) is 10.2. The van der Waals surface area contributed by atoms with E-state index in [9.17, 15) is 9.59 Å². The normalized spacial score (nSPS) is 27.0. The zero-order valence-electron chi connectivity index (χ0n) is 19.0. The van der Waals surface area contributed by atoms with Crippen LogP contribution in [0, 0.1) is 17.8 Å². The number of thioether (sulfide) groups is 1. The van der Waals surface area contributed by atoms with Gasteiger partial charge in [0.05, 0.1) is 22.3 Å². The van der Waals surface area contributed by atoms with Gasteiger partial charge < -0.3 is 10.6 Å². The number of aromatic nitrogens is 2. The van der Waals surface area contributed by atoms with Crippen LogP contribution < -0.4 is 10.6 Å². The molecule has 6 nitrogen and oxygen atoms in total. The highest BCUT2D eigenvalue weighted by Crippen LogP contribution is 2.55. The van der Waals surface area contributed by atoms with Gasteiger partial charge in [0.1, 0.15) is 0 Å². The molecule has 1 aromatic heterocycles. The van der Waals surface area contributed by atoms with E-state index < -0.39 is 0 Å². The van der Waals surface area contributed by atoms with Crippen molar-refractivity contribution in [2.45, 2.75) is 49.0 Å². The van der Waals surface area contributed by atoms with Gasteiger partial charge in [-0.05, 0) is 86.6 Å². The Labute approximate surface area is 203 Å². The summed E-state index contributed by atoms with van der Waals surface area (Å²) in [4.78, 5) is 35.4. The van der Waals surface area contributed by atoms with Crippen molar-refractivity contribution in [2.75, 3.05) is 11.1 Å². The van der Waals surface area contributed by atoms with Crippen molar-refractivity contribution in [1.29, 1.82) is 0 Å². The maximum atomic E-state index is 13.1. The minimum atomic E-state index is -0.201. The Bertz CT molecular complexity index is 1220. The van der Waals surface area contributed by atoms with E-state index in [0.717, 1.165) is 52.9 Å². The van der Waals surface area contributed by atoms with Gasteiger partial charge in [0.2, 0.25) is 5.91 Å². The van der Waals surface area contributed by atoms with Gasteiger partial charge in [-0.1, -0.05) is 12.1 Å². The summed E-state index contributed by atoms with van der Waals surface area (Å²) in [5.74, 6) is 2.58. The summed E-state index contributed by atoms with van der Waals surface area (Å²) in [7, 11) is 0. The van der Waals surface area contributed by atoms with E-state index in [0.29, 0.717) is 17.0 Å². The molecule has 0 atom stereocenters. The van der Waals surface area contributed by atoms with Crippen molar-refractivity contribution in [2.24, 2.45) is 17.8 Å². The summed E-state index contributed by atoms with van der Waals surface area (Å²) in [5.41, 5.74) is 2.75. The van der Waals surface area contributed by atoms with Crippen LogP contribution in [0.15, 0.2) is 59.8 Å². The molecule has 7 heteroatoms. The van der Waals surface area contributed by atoms with Crippen LogP contribution >= 0.6 is 11.8 Å². The van der Waals surface area contributed by atoms with Crippen LogP contribution in [-0.2, 0) is 4.79 Å². The lowest BCUT2D eigenvalue weighted by atomic mass is 9.53. The van der Waals surface area contributed by atoms with Gasteiger partial charge in [-0.25, -0.2) is 0 Å². The summed E-state index contributed by atoms with van der Waals surface area (Å²) >= 11 is 1.43. The predicted octanol–water partition coefficient (Wildman–Crippen LogP) is 5.06. The highest BCUT2D eigenvalue weighted by Gasteiger charge is 2.51. The van der Waals surface area contributed by atoms with Gasteiger partial charge in [0, 0.05) is 28.5 Å². The molecule has 0 radical (unpaired) electrons. The van der Waals surface area contributed by atoms with Crippen LogP contribution in [-0.4, -0.2) is 33.1 Å². The molecule has 34 heavy (non-hydrogen) atoms. The Morgan fingerprint density at radius 3 is 2.32 bits per heavy atom. The lowest BCUT2D eigenvalue weighted by Gasteiger charge is -2.56. The van der Waals surface area contributed by atoms with Crippen LogP contribution in [0.3, 0.4) is 0 Å². The Kier molecular flexibility index (Phi) is 5.52. The molecule has 4 aliphatic carbocycles. The fraction of sp³-hybridized carbons (Fsp3) is 0.407. The van der Waals surface area contributed by atoms with Crippen LogP contribution in [0.25, 0.3) is 11.0 Å². The Hall–Kier alpha value is -2.93. The third kappa shape index (κ3) is 4.29. The number of carbonyl (C=O) groups excluding carboxylic acids is 2. The molecule has 0 spiro atoms. The Morgan fingerprint density at radius 1 is 0.912 bits per heavy atom. The average Bonchev–Trinajstić information content (AvgIpc) is 2.81. The van der Waals surface area contributed by atoms with Gasteiger partial charge in [-0.15, -0.1) is 11.8 Å². The highest BCUT2D eigenvalue weighted by molar-refractivity contribution is 8.00. The number of nitrogens with one attached hydrogen (secondary N) is 2. The summed E-state index contributed by atoms with van der Waals surface area (Å²) in [5, 5.41) is 6.39. The number of nitrogens with zero attached hydrogens (tertiary/aromatic N) is 2. The average molecular weight is 473 g/mol. The lowest BCUT2D eigenvalue weighted by Crippen LogP contribution is -2.60. The number of rotatable bonds is 6. The van der Waals surface area contributed by atoms with Crippen molar-refractivity contribution < 1.29 is 9.59 Å². The molecule has 174 valence electrons. The topological polar surface area (TPSA) is 84.0 Å². The van der Waals surface area contributed by atoms with Crippen LogP contribution in [0.1, 0.15) is 48.9 Å². The van der Waals surface area contributed by atoms with Crippen LogP contribution in [0.4, 0.5) is 5.69 Å². The van der Waals surface area contributed by atoms with Gasteiger partial charge in [0.15, 0.2) is 0 Å². The number of amides is 2. The number of hydrogen-bond acceptors (Lipinski definition) is 5. The first kappa shape index (κ1) is 21.6. The number of carbonyl (C=O) groups is 2. The van der Waals surface area contributed by atoms with E-state index >= 15 is 0 Å². The molecule has 0 aliphatic heterocycles. The second-order valence-corrected chi connectivity index (χ2v) is 11.3. The summed E-state index contributed by atoms with van der Waals surface area (Å²) in [6, 6.07) is 12.9. The van der Waals surface area contributed by atoms with Crippen molar-refractivity contribution in [1.82, 2.24) is 15.3 Å². The van der Waals surface area contributed by atoms with Crippen LogP contribution in [0.5, 0.6) is 0 Å². The maximum absolute atomic E-state index is 13.1. The molecule has 0 saturated heterocycles. The van der Waals surface area contributed by atoms with Gasteiger partial charge in [-0.3, -0.25) is 19.6 Å². The fourth-order valence-corrected chi connectivity index (χ4v) is 7.61. The largest absolute Gasteiger partial charge is 0.350 e.